The first-order valence-corrected chi connectivity index (χ1v) is 10.1. The van der Waals surface area contributed by atoms with E-state index in [0.29, 0.717) is 19.0 Å². The summed E-state index contributed by atoms with van der Waals surface area (Å²) in [6.45, 7) is 7.54. The fraction of sp³-hybridized carbons (Fsp3) is 0.684. The van der Waals surface area contributed by atoms with Gasteiger partial charge in [-0.3, -0.25) is 9.59 Å². The van der Waals surface area contributed by atoms with Crippen LogP contribution < -0.4 is 0 Å². The molecule has 1 aromatic rings. The Balaban J connectivity index is 1.56. The molecule has 2 fully saturated rings. The van der Waals surface area contributed by atoms with E-state index in [1.54, 1.807) is 11.3 Å². The lowest BCUT2D eigenvalue weighted by molar-refractivity contribution is -0.135. The number of thiophene rings is 1. The lowest BCUT2D eigenvalue weighted by atomic mass is 9.95. The van der Waals surface area contributed by atoms with E-state index < -0.39 is 0 Å². The molecule has 4 nitrogen and oxygen atoms in total. The quantitative estimate of drug-likeness (QED) is 0.836. The number of amides is 2. The Morgan fingerprint density at radius 3 is 2.42 bits per heavy atom. The van der Waals surface area contributed by atoms with Crippen molar-refractivity contribution in [2.45, 2.75) is 52.4 Å². The SMILES string of the molecule is CCCc1cc(C(=O)N2CCC(C(=O)N3CCCC3)CC2)sc1C. The Kier molecular flexibility index (Phi) is 5.59. The number of hydrogen-bond acceptors (Lipinski definition) is 3. The van der Waals surface area contributed by atoms with Gasteiger partial charge in [-0.1, -0.05) is 13.3 Å². The summed E-state index contributed by atoms with van der Waals surface area (Å²) >= 11 is 1.62. The van der Waals surface area contributed by atoms with Gasteiger partial charge in [-0.25, -0.2) is 0 Å². The highest BCUT2D eigenvalue weighted by atomic mass is 32.1. The third-order valence-corrected chi connectivity index (χ3v) is 6.38. The van der Waals surface area contributed by atoms with E-state index in [-0.39, 0.29) is 11.8 Å². The van der Waals surface area contributed by atoms with Crippen LogP contribution in [-0.4, -0.2) is 47.8 Å². The average Bonchev–Trinajstić information content (AvgIpc) is 3.25. The van der Waals surface area contributed by atoms with Crippen molar-refractivity contribution in [2.24, 2.45) is 5.92 Å². The lowest BCUT2D eigenvalue weighted by Gasteiger charge is -2.33. The maximum atomic E-state index is 12.7. The topological polar surface area (TPSA) is 40.6 Å². The van der Waals surface area contributed by atoms with E-state index in [4.69, 9.17) is 0 Å². The first-order chi connectivity index (χ1) is 11.6. The standard InChI is InChI=1S/C19H28N2O2S/c1-3-6-16-13-17(24-14(16)2)19(23)21-11-7-15(8-12-21)18(22)20-9-4-5-10-20/h13,15H,3-12H2,1-2H3. The van der Waals surface area contributed by atoms with Gasteiger partial charge in [0, 0.05) is 37.0 Å². The smallest absolute Gasteiger partial charge is 0.263 e. The first kappa shape index (κ1) is 17.5. The molecule has 0 atom stereocenters. The maximum absolute atomic E-state index is 12.7. The fourth-order valence-electron chi connectivity index (χ4n) is 3.82. The summed E-state index contributed by atoms with van der Waals surface area (Å²) in [5.74, 6) is 0.585. The van der Waals surface area contributed by atoms with Crippen LogP contribution in [0.4, 0.5) is 0 Å². The predicted molar refractivity (Wildman–Crippen MR) is 97.5 cm³/mol. The minimum atomic E-state index is 0.118. The summed E-state index contributed by atoms with van der Waals surface area (Å²) in [7, 11) is 0. The predicted octanol–water partition coefficient (Wildman–Crippen LogP) is 3.48. The molecule has 3 heterocycles. The van der Waals surface area contributed by atoms with Crippen molar-refractivity contribution in [1.29, 1.82) is 0 Å². The van der Waals surface area contributed by atoms with Gasteiger partial charge in [0.05, 0.1) is 4.88 Å². The van der Waals surface area contributed by atoms with E-state index in [1.165, 1.54) is 10.4 Å². The Morgan fingerprint density at radius 1 is 1.12 bits per heavy atom. The van der Waals surface area contributed by atoms with Crippen molar-refractivity contribution < 1.29 is 9.59 Å². The average molecular weight is 349 g/mol. The lowest BCUT2D eigenvalue weighted by Crippen LogP contribution is -2.43. The molecule has 0 aromatic carbocycles. The number of carbonyl (C=O) groups excluding carboxylic acids is 2. The molecular formula is C19H28N2O2S. The molecule has 3 rings (SSSR count). The van der Waals surface area contributed by atoms with E-state index >= 15 is 0 Å². The van der Waals surface area contributed by atoms with Crippen molar-refractivity contribution in [3.05, 3.63) is 21.4 Å². The molecule has 24 heavy (non-hydrogen) atoms. The van der Waals surface area contributed by atoms with Gasteiger partial charge in [0.25, 0.3) is 5.91 Å². The van der Waals surface area contributed by atoms with Crippen LogP contribution in [0.15, 0.2) is 6.07 Å². The normalized spacial score (nSPS) is 19.1. The highest BCUT2D eigenvalue weighted by molar-refractivity contribution is 7.14. The summed E-state index contributed by atoms with van der Waals surface area (Å²) in [4.78, 5) is 31.3. The molecule has 2 saturated heterocycles. The first-order valence-electron chi connectivity index (χ1n) is 9.27. The molecule has 0 aliphatic carbocycles. The largest absolute Gasteiger partial charge is 0.342 e. The van der Waals surface area contributed by atoms with Crippen molar-refractivity contribution in [3.63, 3.8) is 0 Å². The summed E-state index contributed by atoms with van der Waals surface area (Å²) in [5.41, 5.74) is 1.31. The zero-order valence-corrected chi connectivity index (χ0v) is 15.7. The Morgan fingerprint density at radius 2 is 1.79 bits per heavy atom. The molecule has 0 spiro atoms. The number of rotatable bonds is 4. The van der Waals surface area contributed by atoms with Gasteiger partial charge in [0.1, 0.15) is 0 Å². The Labute approximate surface area is 148 Å². The van der Waals surface area contributed by atoms with Crippen LogP contribution in [0, 0.1) is 12.8 Å². The molecule has 5 heteroatoms. The third kappa shape index (κ3) is 3.66. The van der Waals surface area contributed by atoms with Gasteiger partial charge in [-0.15, -0.1) is 11.3 Å². The Hall–Kier alpha value is -1.36. The second-order valence-electron chi connectivity index (χ2n) is 7.04. The second-order valence-corrected chi connectivity index (χ2v) is 8.30. The molecule has 1 aromatic heterocycles. The van der Waals surface area contributed by atoms with E-state index in [1.807, 2.05) is 9.80 Å². The monoisotopic (exact) mass is 348 g/mol. The maximum Gasteiger partial charge on any atom is 0.263 e. The van der Waals surface area contributed by atoms with E-state index in [0.717, 1.165) is 56.5 Å². The number of nitrogens with zero attached hydrogens (tertiary/aromatic N) is 2. The number of likely N-dealkylation sites (tertiary alicyclic amines) is 2. The summed E-state index contributed by atoms with van der Waals surface area (Å²) in [6, 6.07) is 2.08. The molecular weight excluding hydrogens is 320 g/mol. The van der Waals surface area contributed by atoms with Crippen LogP contribution in [0.3, 0.4) is 0 Å². The molecule has 0 unspecified atom stereocenters. The van der Waals surface area contributed by atoms with E-state index in [2.05, 4.69) is 19.9 Å². The van der Waals surface area contributed by atoms with Gasteiger partial charge in [0.2, 0.25) is 5.91 Å². The summed E-state index contributed by atoms with van der Waals surface area (Å²) < 4.78 is 0. The van der Waals surface area contributed by atoms with Gasteiger partial charge in [-0.2, -0.15) is 0 Å². The summed E-state index contributed by atoms with van der Waals surface area (Å²) in [5, 5.41) is 0. The van der Waals surface area contributed by atoms with E-state index in [9.17, 15) is 9.59 Å². The molecule has 132 valence electrons. The van der Waals surface area contributed by atoms with Crippen LogP contribution >= 0.6 is 11.3 Å². The Bertz CT molecular complexity index is 597. The second kappa shape index (κ2) is 7.68. The molecule has 0 radical (unpaired) electrons. The number of piperidine rings is 1. The van der Waals surface area contributed by atoms with Crippen LogP contribution in [0.1, 0.15) is 59.1 Å². The van der Waals surface area contributed by atoms with Crippen molar-refractivity contribution in [1.82, 2.24) is 9.80 Å². The molecule has 0 bridgehead atoms. The van der Waals surface area contributed by atoms with Gasteiger partial charge in [0.15, 0.2) is 0 Å². The summed E-state index contributed by atoms with van der Waals surface area (Å²) in [6.07, 6.45) is 6.06. The molecule has 2 aliphatic heterocycles. The van der Waals surface area contributed by atoms with Gasteiger partial charge in [-0.05, 0) is 50.7 Å². The molecule has 0 saturated carbocycles. The zero-order valence-electron chi connectivity index (χ0n) is 14.8. The highest BCUT2D eigenvalue weighted by Crippen LogP contribution is 2.27. The minimum absolute atomic E-state index is 0.118. The zero-order chi connectivity index (χ0) is 17.1. The minimum Gasteiger partial charge on any atom is -0.342 e. The van der Waals surface area contributed by atoms with Crippen LogP contribution in [0.25, 0.3) is 0 Å². The number of carbonyl (C=O) groups is 2. The van der Waals surface area contributed by atoms with Crippen LogP contribution in [-0.2, 0) is 11.2 Å². The van der Waals surface area contributed by atoms with Crippen LogP contribution in [0.5, 0.6) is 0 Å². The highest BCUT2D eigenvalue weighted by Gasteiger charge is 2.31. The van der Waals surface area contributed by atoms with Gasteiger partial charge < -0.3 is 9.80 Å². The number of aryl methyl sites for hydroxylation is 2. The fourth-order valence-corrected chi connectivity index (χ4v) is 4.86. The number of hydrogen-bond donors (Lipinski definition) is 0. The molecule has 2 aliphatic rings. The van der Waals surface area contributed by atoms with Crippen molar-refractivity contribution >= 4 is 23.2 Å². The molecule has 0 N–H and O–H groups in total. The van der Waals surface area contributed by atoms with Gasteiger partial charge >= 0.3 is 0 Å². The van der Waals surface area contributed by atoms with Crippen molar-refractivity contribution in [3.8, 4) is 0 Å². The van der Waals surface area contributed by atoms with Crippen LogP contribution in [0.2, 0.25) is 0 Å². The third-order valence-electron chi connectivity index (χ3n) is 5.30. The molecule has 2 amide bonds. The van der Waals surface area contributed by atoms with Crippen molar-refractivity contribution in [2.75, 3.05) is 26.2 Å².